The highest BCUT2D eigenvalue weighted by Crippen LogP contribution is 2.33. The molecule has 2 rings (SSSR count). The van der Waals surface area contributed by atoms with Crippen molar-refractivity contribution in [2.24, 2.45) is 11.7 Å². The lowest BCUT2D eigenvalue weighted by atomic mass is 9.92. The summed E-state index contributed by atoms with van der Waals surface area (Å²) in [6.45, 7) is 0. The van der Waals surface area contributed by atoms with Crippen molar-refractivity contribution in [2.75, 3.05) is 7.11 Å². The second kappa shape index (κ2) is 8.06. The normalized spacial score (nSPS) is 11.9. The molecule has 24 heavy (non-hydrogen) atoms. The SMILES string of the molecule is COc1cc(Br)c(CCC(Cc2ccc(O)cc2)C(N)=O)cc1[OH2+]. The van der Waals surface area contributed by atoms with Crippen LogP contribution in [0.3, 0.4) is 0 Å². The predicted molar refractivity (Wildman–Crippen MR) is 96.6 cm³/mol. The summed E-state index contributed by atoms with van der Waals surface area (Å²) in [5.74, 6) is 0.349. The topological polar surface area (TPSA) is 95.5 Å². The molecular formula is C18H21BrNO4+. The summed E-state index contributed by atoms with van der Waals surface area (Å²) in [6.07, 6.45) is 1.74. The van der Waals surface area contributed by atoms with E-state index in [-0.39, 0.29) is 17.6 Å². The molecule has 0 saturated heterocycles. The van der Waals surface area contributed by atoms with Crippen molar-refractivity contribution in [3.63, 3.8) is 0 Å². The van der Waals surface area contributed by atoms with E-state index < -0.39 is 0 Å². The average Bonchev–Trinajstić information content (AvgIpc) is 2.55. The molecule has 0 spiro atoms. The number of aryl methyl sites for hydroxylation is 1. The van der Waals surface area contributed by atoms with Gasteiger partial charge in [-0.3, -0.25) is 4.79 Å². The molecule has 0 radical (unpaired) electrons. The third kappa shape index (κ3) is 4.64. The van der Waals surface area contributed by atoms with Crippen molar-refractivity contribution in [3.05, 3.63) is 52.0 Å². The number of aromatic hydroxyl groups is 1. The number of hydrogen-bond acceptors (Lipinski definition) is 3. The van der Waals surface area contributed by atoms with Gasteiger partial charge in [-0.2, -0.15) is 0 Å². The first-order valence-electron chi connectivity index (χ1n) is 7.56. The maximum absolute atomic E-state index is 11.7. The molecule has 5 N–H and O–H groups in total. The quantitative estimate of drug-likeness (QED) is 0.706. The Labute approximate surface area is 149 Å². The van der Waals surface area contributed by atoms with Crippen molar-refractivity contribution in [3.8, 4) is 17.2 Å². The van der Waals surface area contributed by atoms with Crippen LogP contribution in [0.5, 0.6) is 17.2 Å². The van der Waals surface area contributed by atoms with Crippen LogP contribution in [-0.2, 0) is 17.6 Å². The number of hydrogen-bond donors (Lipinski definition) is 2. The summed E-state index contributed by atoms with van der Waals surface area (Å²) >= 11 is 3.48. The molecule has 0 bridgehead atoms. The van der Waals surface area contributed by atoms with E-state index in [1.807, 2.05) is 0 Å². The molecule has 0 aliphatic rings. The van der Waals surface area contributed by atoms with Crippen LogP contribution in [0.1, 0.15) is 17.5 Å². The van der Waals surface area contributed by atoms with E-state index in [0.29, 0.717) is 30.8 Å². The third-order valence-electron chi connectivity index (χ3n) is 3.95. The number of halogens is 1. The van der Waals surface area contributed by atoms with Crippen molar-refractivity contribution >= 4 is 21.8 Å². The number of primary amides is 1. The maximum Gasteiger partial charge on any atom is 0.297 e. The summed E-state index contributed by atoms with van der Waals surface area (Å²) in [5.41, 5.74) is 7.43. The first-order chi connectivity index (χ1) is 11.4. The van der Waals surface area contributed by atoms with Crippen LogP contribution in [0.2, 0.25) is 0 Å². The average molecular weight is 395 g/mol. The highest BCUT2D eigenvalue weighted by atomic mass is 79.9. The van der Waals surface area contributed by atoms with Crippen LogP contribution in [0.4, 0.5) is 0 Å². The van der Waals surface area contributed by atoms with Crippen LogP contribution in [0.15, 0.2) is 40.9 Å². The Hall–Kier alpha value is -2.21. The molecule has 2 aromatic carbocycles. The Balaban J connectivity index is 2.07. The van der Waals surface area contributed by atoms with Gasteiger partial charge in [-0.05, 0) is 42.5 Å². The van der Waals surface area contributed by atoms with Gasteiger partial charge in [-0.1, -0.05) is 28.1 Å². The van der Waals surface area contributed by atoms with Crippen molar-refractivity contribution < 1.29 is 19.7 Å². The van der Waals surface area contributed by atoms with Crippen LogP contribution in [0, 0.1) is 5.92 Å². The van der Waals surface area contributed by atoms with E-state index in [1.165, 1.54) is 7.11 Å². The first kappa shape index (κ1) is 18.1. The molecule has 0 aliphatic carbocycles. The van der Waals surface area contributed by atoms with Gasteiger partial charge in [0.15, 0.2) is 0 Å². The minimum atomic E-state index is -0.348. The maximum atomic E-state index is 11.7. The summed E-state index contributed by atoms with van der Waals surface area (Å²) in [4.78, 5) is 11.7. The number of ether oxygens (including phenoxy) is 1. The number of carbonyl (C=O) groups is 1. The number of nitrogens with two attached hydrogens (primary N) is 1. The summed E-state index contributed by atoms with van der Waals surface area (Å²) in [5, 5.41) is 17.2. The third-order valence-corrected chi connectivity index (χ3v) is 4.69. The fourth-order valence-corrected chi connectivity index (χ4v) is 3.07. The molecule has 1 amide bonds. The van der Waals surface area contributed by atoms with Crippen LogP contribution in [0.25, 0.3) is 0 Å². The molecule has 0 fully saturated rings. The van der Waals surface area contributed by atoms with Crippen LogP contribution >= 0.6 is 15.9 Å². The van der Waals surface area contributed by atoms with E-state index in [4.69, 9.17) is 15.6 Å². The second-order valence-electron chi connectivity index (χ2n) is 5.65. The van der Waals surface area contributed by atoms with Gasteiger partial charge < -0.3 is 20.7 Å². The zero-order valence-corrected chi connectivity index (χ0v) is 15.0. The molecule has 128 valence electrons. The van der Waals surface area contributed by atoms with E-state index in [1.54, 1.807) is 36.4 Å². The molecule has 0 saturated carbocycles. The number of phenolic OH excluding ortho intramolecular Hbond substituents is 1. The van der Waals surface area contributed by atoms with E-state index in [0.717, 1.165) is 15.6 Å². The molecule has 6 heteroatoms. The molecule has 2 aromatic rings. The predicted octanol–water partition coefficient (Wildman–Crippen LogP) is 2.88. The fourth-order valence-electron chi connectivity index (χ4n) is 2.55. The van der Waals surface area contributed by atoms with Gasteiger partial charge in [0.1, 0.15) is 5.75 Å². The van der Waals surface area contributed by atoms with Crippen molar-refractivity contribution in [1.29, 1.82) is 0 Å². The van der Waals surface area contributed by atoms with Crippen molar-refractivity contribution in [2.45, 2.75) is 19.3 Å². The number of benzene rings is 2. The minimum absolute atomic E-state index is 0.194. The number of methoxy groups -OCH3 is 1. The highest BCUT2D eigenvalue weighted by molar-refractivity contribution is 9.10. The lowest BCUT2D eigenvalue weighted by Gasteiger charge is -2.14. The van der Waals surface area contributed by atoms with Gasteiger partial charge in [0.25, 0.3) is 5.75 Å². The zero-order valence-electron chi connectivity index (χ0n) is 13.4. The summed E-state index contributed by atoms with van der Waals surface area (Å²) < 4.78 is 5.97. The Bertz CT molecular complexity index is 716. The van der Waals surface area contributed by atoms with E-state index in [2.05, 4.69) is 15.9 Å². The van der Waals surface area contributed by atoms with Gasteiger partial charge in [-0.15, -0.1) is 0 Å². The minimum Gasteiger partial charge on any atom is -0.591 e. The smallest absolute Gasteiger partial charge is 0.297 e. The van der Waals surface area contributed by atoms with E-state index >= 15 is 0 Å². The largest absolute Gasteiger partial charge is 0.591 e. The Kier molecular flexibility index (Phi) is 6.09. The highest BCUT2D eigenvalue weighted by Gasteiger charge is 2.18. The molecule has 1 atom stereocenters. The number of carbonyl (C=O) groups excluding carboxylic acids is 1. The number of amides is 1. The zero-order chi connectivity index (χ0) is 17.7. The monoisotopic (exact) mass is 394 g/mol. The first-order valence-corrected chi connectivity index (χ1v) is 8.35. The molecular weight excluding hydrogens is 374 g/mol. The lowest BCUT2D eigenvalue weighted by Crippen LogP contribution is -2.25. The fraction of sp³-hybridized carbons (Fsp3) is 0.278. The van der Waals surface area contributed by atoms with Crippen LogP contribution in [-0.4, -0.2) is 23.2 Å². The standard InChI is InChI=1S/C18H20BrNO4/c1-24-17-10-15(19)12(9-16(17)22)4-5-13(18(20)23)8-11-2-6-14(21)7-3-11/h2-3,6-7,9-10,13,21-22H,4-5,8H2,1H3,(H2,20,23)/p+1. The number of phenols is 1. The van der Waals surface area contributed by atoms with Gasteiger partial charge in [0, 0.05) is 22.5 Å². The molecule has 0 aromatic heterocycles. The molecule has 0 heterocycles. The van der Waals surface area contributed by atoms with Crippen LogP contribution < -0.4 is 10.5 Å². The van der Waals surface area contributed by atoms with Gasteiger partial charge in [-0.25, -0.2) is 0 Å². The van der Waals surface area contributed by atoms with E-state index in [9.17, 15) is 9.90 Å². The summed E-state index contributed by atoms with van der Waals surface area (Å²) in [6, 6.07) is 10.3. The van der Waals surface area contributed by atoms with Crippen molar-refractivity contribution in [1.82, 2.24) is 0 Å². The summed E-state index contributed by atoms with van der Waals surface area (Å²) in [7, 11) is 1.53. The Morgan fingerprint density at radius 3 is 2.58 bits per heavy atom. The second-order valence-corrected chi connectivity index (χ2v) is 6.51. The lowest BCUT2D eigenvalue weighted by molar-refractivity contribution is -0.121. The van der Waals surface area contributed by atoms with Gasteiger partial charge in [0.2, 0.25) is 11.7 Å². The molecule has 5 nitrogen and oxygen atoms in total. The number of rotatable bonds is 7. The van der Waals surface area contributed by atoms with Gasteiger partial charge >= 0.3 is 0 Å². The Morgan fingerprint density at radius 2 is 2.00 bits per heavy atom. The molecule has 1 unspecified atom stereocenters. The molecule has 0 aliphatic heterocycles. The Morgan fingerprint density at radius 1 is 1.33 bits per heavy atom. The van der Waals surface area contributed by atoms with Gasteiger partial charge in [0.05, 0.1) is 7.11 Å².